The van der Waals surface area contributed by atoms with E-state index < -0.39 is 0 Å². The maximum atomic E-state index is 12.2. The predicted molar refractivity (Wildman–Crippen MR) is 86.6 cm³/mol. The number of anilines is 2. The second-order valence-electron chi connectivity index (χ2n) is 5.94. The molecule has 0 saturated heterocycles. The van der Waals surface area contributed by atoms with E-state index in [0.29, 0.717) is 29.8 Å². The second-order valence-corrected chi connectivity index (χ2v) is 5.94. The van der Waals surface area contributed by atoms with Gasteiger partial charge >= 0.3 is 5.97 Å². The van der Waals surface area contributed by atoms with Crippen LogP contribution in [-0.4, -0.2) is 25.7 Å². The van der Waals surface area contributed by atoms with Gasteiger partial charge in [-0.3, -0.25) is 0 Å². The van der Waals surface area contributed by atoms with Crippen molar-refractivity contribution in [1.82, 2.24) is 0 Å². The van der Waals surface area contributed by atoms with Crippen LogP contribution in [0.1, 0.15) is 49.9 Å². The summed E-state index contributed by atoms with van der Waals surface area (Å²) < 4.78 is 5.17. The Morgan fingerprint density at radius 2 is 2.10 bits per heavy atom. The van der Waals surface area contributed by atoms with Gasteiger partial charge in [-0.2, -0.15) is 0 Å². The fraction of sp³-hybridized carbons (Fsp3) is 0.588. The minimum Gasteiger partial charge on any atom is -0.462 e. The molecule has 0 spiro atoms. The molecule has 0 heterocycles. The van der Waals surface area contributed by atoms with Gasteiger partial charge in [0, 0.05) is 18.8 Å². The first-order chi connectivity index (χ1) is 10.0. The van der Waals surface area contributed by atoms with Gasteiger partial charge in [-0.05, 0) is 43.9 Å². The lowest BCUT2D eigenvalue weighted by Crippen LogP contribution is -2.39. The average Bonchev–Trinajstić information content (AvgIpc) is 2.47. The van der Waals surface area contributed by atoms with Crippen LogP contribution in [0.4, 0.5) is 11.4 Å². The third-order valence-corrected chi connectivity index (χ3v) is 4.46. The summed E-state index contributed by atoms with van der Waals surface area (Å²) in [4.78, 5) is 14.4. The maximum absolute atomic E-state index is 12.2. The molecular weight excluding hydrogens is 264 g/mol. The van der Waals surface area contributed by atoms with Crippen LogP contribution >= 0.6 is 0 Å². The Hall–Kier alpha value is -1.71. The van der Waals surface area contributed by atoms with Crippen LogP contribution in [0.2, 0.25) is 0 Å². The average molecular weight is 290 g/mol. The van der Waals surface area contributed by atoms with Gasteiger partial charge < -0.3 is 15.4 Å². The Bertz CT molecular complexity index is 502. The minimum absolute atomic E-state index is 0.296. The molecule has 0 aromatic heterocycles. The number of ether oxygens (including phenoxy) is 1. The monoisotopic (exact) mass is 290 g/mol. The summed E-state index contributed by atoms with van der Waals surface area (Å²) in [5.41, 5.74) is 7.92. The smallest absolute Gasteiger partial charge is 0.340 e. The molecule has 1 saturated carbocycles. The van der Waals surface area contributed by atoms with Crippen molar-refractivity contribution in [3.63, 3.8) is 0 Å². The Morgan fingerprint density at radius 3 is 2.76 bits per heavy atom. The number of hydrogen-bond acceptors (Lipinski definition) is 4. The zero-order valence-corrected chi connectivity index (χ0v) is 13.3. The highest BCUT2D eigenvalue weighted by Crippen LogP contribution is 2.33. The molecule has 2 unspecified atom stereocenters. The molecule has 1 aliphatic carbocycles. The van der Waals surface area contributed by atoms with Crippen molar-refractivity contribution < 1.29 is 9.53 Å². The zero-order valence-electron chi connectivity index (χ0n) is 13.3. The van der Waals surface area contributed by atoms with Gasteiger partial charge in [0.1, 0.15) is 0 Å². The van der Waals surface area contributed by atoms with E-state index >= 15 is 0 Å². The number of nitrogen functional groups attached to an aromatic ring is 1. The number of rotatable bonds is 4. The van der Waals surface area contributed by atoms with Crippen LogP contribution in [0, 0.1) is 5.92 Å². The number of nitrogens with two attached hydrogens (primary N) is 1. The van der Waals surface area contributed by atoms with E-state index in [9.17, 15) is 4.79 Å². The fourth-order valence-electron chi connectivity index (χ4n) is 3.28. The Labute approximate surface area is 127 Å². The topological polar surface area (TPSA) is 55.6 Å². The molecule has 2 rings (SSSR count). The molecule has 1 aromatic rings. The lowest BCUT2D eigenvalue weighted by Gasteiger charge is -2.38. The van der Waals surface area contributed by atoms with Crippen LogP contribution < -0.4 is 10.6 Å². The molecule has 4 nitrogen and oxygen atoms in total. The van der Waals surface area contributed by atoms with Gasteiger partial charge in [0.2, 0.25) is 0 Å². The molecule has 4 heteroatoms. The zero-order chi connectivity index (χ0) is 15.4. The Kier molecular flexibility index (Phi) is 5.10. The van der Waals surface area contributed by atoms with Crippen LogP contribution in [-0.2, 0) is 4.74 Å². The highest BCUT2D eigenvalue weighted by atomic mass is 16.5. The van der Waals surface area contributed by atoms with E-state index in [1.54, 1.807) is 6.07 Å². The van der Waals surface area contributed by atoms with Gasteiger partial charge in [0.25, 0.3) is 0 Å². The third kappa shape index (κ3) is 3.49. The summed E-state index contributed by atoms with van der Waals surface area (Å²) in [5.74, 6) is 0.339. The molecule has 0 amide bonds. The molecule has 1 fully saturated rings. The van der Waals surface area contributed by atoms with Crippen molar-refractivity contribution in [2.24, 2.45) is 5.92 Å². The lowest BCUT2D eigenvalue weighted by atomic mass is 9.84. The molecule has 0 radical (unpaired) electrons. The van der Waals surface area contributed by atoms with Crippen molar-refractivity contribution in [3.05, 3.63) is 23.8 Å². The molecule has 1 aliphatic rings. The summed E-state index contributed by atoms with van der Waals surface area (Å²) in [6.45, 7) is 4.48. The summed E-state index contributed by atoms with van der Waals surface area (Å²) in [5, 5.41) is 0. The highest BCUT2D eigenvalue weighted by Gasteiger charge is 2.27. The van der Waals surface area contributed by atoms with E-state index in [1.807, 2.05) is 19.1 Å². The largest absolute Gasteiger partial charge is 0.462 e. The maximum Gasteiger partial charge on any atom is 0.340 e. The van der Waals surface area contributed by atoms with E-state index in [1.165, 1.54) is 25.7 Å². The van der Waals surface area contributed by atoms with Crippen LogP contribution in [0.25, 0.3) is 0 Å². The third-order valence-electron chi connectivity index (χ3n) is 4.46. The molecule has 2 N–H and O–H groups in total. The van der Waals surface area contributed by atoms with Crippen LogP contribution in [0.5, 0.6) is 0 Å². The number of hydrogen-bond donors (Lipinski definition) is 1. The Morgan fingerprint density at radius 1 is 1.38 bits per heavy atom. The summed E-state index contributed by atoms with van der Waals surface area (Å²) in [7, 11) is 2.07. The fourth-order valence-corrected chi connectivity index (χ4v) is 3.28. The molecule has 21 heavy (non-hydrogen) atoms. The number of carbonyl (C=O) groups excluding carboxylic acids is 1. The number of benzene rings is 1. The first-order valence-corrected chi connectivity index (χ1v) is 7.84. The van der Waals surface area contributed by atoms with Gasteiger partial charge in [0.15, 0.2) is 0 Å². The van der Waals surface area contributed by atoms with Gasteiger partial charge in [-0.15, -0.1) is 0 Å². The summed E-state index contributed by atoms with van der Waals surface area (Å²) in [6, 6.07) is 5.97. The standard InChI is InChI=1S/C17H26N2O2/c1-4-21-17(20)14-11-13(18)9-10-16(14)19(3)15-8-6-5-7-12(15)2/h9-12,15H,4-8,18H2,1-3H3. The first kappa shape index (κ1) is 15.7. The number of esters is 1. The van der Waals surface area contributed by atoms with Crippen molar-refractivity contribution in [2.75, 3.05) is 24.3 Å². The second kappa shape index (κ2) is 6.83. The van der Waals surface area contributed by atoms with Gasteiger partial charge in [-0.25, -0.2) is 4.79 Å². The number of nitrogens with zero attached hydrogens (tertiary/aromatic N) is 1. The van der Waals surface area contributed by atoms with E-state index in [4.69, 9.17) is 10.5 Å². The normalized spacial score (nSPS) is 21.9. The van der Waals surface area contributed by atoms with Gasteiger partial charge in [-0.1, -0.05) is 19.8 Å². The molecule has 1 aromatic carbocycles. The summed E-state index contributed by atoms with van der Waals surface area (Å²) in [6.07, 6.45) is 4.98. The minimum atomic E-state index is -0.296. The molecule has 116 valence electrons. The van der Waals surface area contributed by atoms with Crippen molar-refractivity contribution in [2.45, 2.75) is 45.6 Å². The predicted octanol–water partition coefficient (Wildman–Crippen LogP) is 3.46. The van der Waals surface area contributed by atoms with Crippen molar-refractivity contribution >= 4 is 17.3 Å². The summed E-state index contributed by atoms with van der Waals surface area (Å²) >= 11 is 0. The van der Waals surface area contributed by atoms with Crippen LogP contribution in [0.15, 0.2) is 18.2 Å². The van der Waals surface area contributed by atoms with E-state index in [2.05, 4.69) is 18.9 Å². The lowest BCUT2D eigenvalue weighted by molar-refractivity contribution is 0.0527. The highest BCUT2D eigenvalue weighted by molar-refractivity contribution is 5.97. The van der Waals surface area contributed by atoms with E-state index in [0.717, 1.165) is 5.69 Å². The molecule has 0 aliphatic heterocycles. The first-order valence-electron chi connectivity index (χ1n) is 7.84. The van der Waals surface area contributed by atoms with E-state index in [-0.39, 0.29) is 5.97 Å². The van der Waals surface area contributed by atoms with Gasteiger partial charge in [0.05, 0.1) is 17.9 Å². The quantitative estimate of drug-likeness (QED) is 0.681. The molecular formula is C17H26N2O2. The number of carbonyl (C=O) groups is 1. The molecule has 0 bridgehead atoms. The Balaban J connectivity index is 2.31. The SMILES string of the molecule is CCOC(=O)c1cc(N)ccc1N(C)C1CCCCC1C. The van der Waals surface area contributed by atoms with Crippen molar-refractivity contribution in [3.8, 4) is 0 Å². The van der Waals surface area contributed by atoms with Crippen molar-refractivity contribution in [1.29, 1.82) is 0 Å². The van der Waals surface area contributed by atoms with Crippen LogP contribution in [0.3, 0.4) is 0 Å². The molecule has 2 atom stereocenters.